The summed E-state index contributed by atoms with van der Waals surface area (Å²) in [6.45, 7) is 1.91. The quantitative estimate of drug-likeness (QED) is 0.658. The number of amides is 1. The number of carbonyl (C=O) groups excluding carboxylic acids is 1. The first-order valence-electron chi connectivity index (χ1n) is 9.46. The summed E-state index contributed by atoms with van der Waals surface area (Å²) < 4.78 is 7.59. The maximum Gasteiger partial charge on any atom is 0.227 e. The smallest absolute Gasteiger partial charge is 0.227 e. The predicted molar refractivity (Wildman–Crippen MR) is 109 cm³/mol. The third-order valence-corrected chi connectivity index (χ3v) is 6.29. The Hall–Kier alpha value is -2.81. The molecule has 1 saturated heterocycles. The number of aromatic hydroxyl groups is 1. The summed E-state index contributed by atoms with van der Waals surface area (Å²) in [5.74, 6) is 2.37. The average Bonchev–Trinajstić information content (AvgIpc) is 3.13. The molecule has 9 heteroatoms. The van der Waals surface area contributed by atoms with Crippen molar-refractivity contribution < 1.29 is 14.3 Å². The van der Waals surface area contributed by atoms with Crippen LogP contribution in [0.1, 0.15) is 36.6 Å². The summed E-state index contributed by atoms with van der Waals surface area (Å²) >= 11 is 1.79. The average molecular weight is 414 g/mol. The maximum absolute atomic E-state index is 12.8. The Morgan fingerprint density at radius 2 is 2.14 bits per heavy atom. The number of nitrogens with one attached hydrogen (secondary N) is 1. The number of pyridine rings is 1. The van der Waals surface area contributed by atoms with E-state index in [0.29, 0.717) is 30.1 Å². The highest BCUT2D eigenvalue weighted by Crippen LogP contribution is 2.43. The Morgan fingerprint density at radius 1 is 1.34 bits per heavy atom. The van der Waals surface area contributed by atoms with Crippen molar-refractivity contribution in [2.45, 2.75) is 38.1 Å². The molecule has 2 N–H and O–H groups in total. The zero-order chi connectivity index (χ0) is 20.4. The first-order chi connectivity index (χ1) is 14.0. The van der Waals surface area contributed by atoms with E-state index in [2.05, 4.69) is 15.5 Å². The molecule has 4 heterocycles. The first kappa shape index (κ1) is 19.5. The molecule has 29 heavy (non-hydrogen) atoms. The lowest BCUT2D eigenvalue weighted by atomic mass is 9.75. The fourth-order valence-corrected chi connectivity index (χ4v) is 5.04. The Morgan fingerprint density at radius 3 is 2.93 bits per heavy atom. The lowest BCUT2D eigenvalue weighted by molar-refractivity contribution is -0.122. The minimum absolute atomic E-state index is 0.129. The molecular weight excluding hydrogens is 392 g/mol. The lowest BCUT2D eigenvalue weighted by Crippen LogP contribution is -2.38. The van der Waals surface area contributed by atoms with Crippen LogP contribution in [-0.4, -0.2) is 37.1 Å². The van der Waals surface area contributed by atoms with Crippen molar-refractivity contribution in [2.75, 3.05) is 11.5 Å². The molecule has 1 aliphatic rings. The van der Waals surface area contributed by atoms with Crippen LogP contribution in [0.25, 0.3) is 5.65 Å². The van der Waals surface area contributed by atoms with Gasteiger partial charge in [-0.2, -0.15) is 11.8 Å². The Kier molecular flexibility index (Phi) is 5.31. The van der Waals surface area contributed by atoms with Gasteiger partial charge in [0.05, 0.1) is 6.54 Å². The highest BCUT2D eigenvalue weighted by Gasteiger charge is 2.41. The van der Waals surface area contributed by atoms with Crippen LogP contribution in [0, 0.1) is 6.92 Å². The molecule has 4 rings (SSSR count). The largest absolute Gasteiger partial charge is 0.502 e. The van der Waals surface area contributed by atoms with Crippen LogP contribution in [0.2, 0.25) is 0 Å². The molecule has 0 spiro atoms. The fraction of sp³-hybridized carbons (Fsp3) is 0.400. The first-order valence-corrected chi connectivity index (χ1v) is 10.6. The molecule has 3 aromatic rings. The van der Waals surface area contributed by atoms with Crippen LogP contribution in [-0.2, 0) is 16.8 Å². The van der Waals surface area contributed by atoms with Crippen molar-refractivity contribution in [3.8, 4) is 5.75 Å². The van der Waals surface area contributed by atoms with E-state index in [0.717, 1.165) is 11.5 Å². The van der Waals surface area contributed by atoms with Crippen LogP contribution in [0.15, 0.2) is 39.7 Å². The summed E-state index contributed by atoms with van der Waals surface area (Å²) in [5.41, 5.74) is -0.460. The van der Waals surface area contributed by atoms with Gasteiger partial charge in [0.2, 0.25) is 17.1 Å². The molecule has 0 saturated carbocycles. The fourth-order valence-electron chi connectivity index (χ4n) is 3.77. The number of thioether (sulfide) groups is 1. The van der Waals surface area contributed by atoms with E-state index in [9.17, 15) is 14.7 Å². The number of nitrogens with zero attached hydrogens (tertiary/aromatic N) is 3. The van der Waals surface area contributed by atoms with Crippen molar-refractivity contribution in [3.63, 3.8) is 0 Å². The minimum atomic E-state index is -0.697. The van der Waals surface area contributed by atoms with Gasteiger partial charge in [-0.1, -0.05) is 6.07 Å². The number of aryl methyl sites for hydroxylation is 1. The van der Waals surface area contributed by atoms with Crippen LogP contribution < -0.4 is 10.7 Å². The highest BCUT2D eigenvalue weighted by atomic mass is 32.2. The number of aromatic nitrogens is 3. The minimum Gasteiger partial charge on any atom is -0.502 e. The Labute approximate surface area is 171 Å². The predicted octanol–water partition coefficient (Wildman–Crippen LogP) is 2.17. The second-order valence-corrected chi connectivity index (χ2v) is 8.52. The van der Waals surface area contributed by atoms with Gasteiger partial charge in [-0.05, 0) is 43.4 Å². The van der Waals surface area contributed by atoms with Gasteiger partial charge in [0.25, 0.3) is 0 Å². The molecule has 0 bridgehead atoms. The monoisotopic (exact) mass is 414 g/mol. The molecule has 0 aromatic carbocycles. The van der Waals surface area contributed by atoms with E-state index in [-0.39, 0.29) is 24.6 Å². The molecule has 1 aliphatic heterocycles. The molecule has 152 valence electrons. The van der Waals surface area contributed by atoms with Gasteiger partial charge >= 0.3 is 0 Å². The van der Waals surface area contributed by atoms with Crippen molar-refractivity contribution >= 4 is 23.3 Å². The Balaban J connectivity index is 1.55. The molecule has 0 aliphatic carbocycles. The molecule has 1 fully saturated rings. The summed E-state index contributed by atoms with van der Waals surface area (Å²) in [5, 5.41) is 21.5. The zero-order valence-corrected chi connectivity index (χ0v) is 16.9. The molecule has 0 unspecified atom stereocenters. The summed E-state index contributed by atoms with van der Waals surface area (Å²) in [4.78, 5) is 24.9. The second kappa shape index (κ2) is 7.90. The summed E-state index contributed by atoms with van der Waals surface area (Å²) in [6.07, 6.45) is 3.28. The van der Waals surface area contributed by atoms with Crippen LogP contribution in [0.5, 0.6) is 5.75 Å². The van der Waals surface area contributed by atoms with Crippen LogP contribution in [0.4, 0.5) is 0 Å². The van der Waals surface area contributed by atoms with Gasteiger partial charge in [0, 0.05) is 24.1 Å². The van der Waals surface area contributed by atoms with Crippen molar-refractivity contribution in [1.29, 1.82) is 0 Å². The standard InChI is InChI=1S/C20H22N4O4S/c1-13-10-14(25)18(27)19(28-13)20(5-8-29-9-6-20)11-17(26)21-12-16-23-22-15-4-2-3-7-24(15)16/h2-4,7,10,27H,5-6,8-9,11-12H2,1H3,(H,21,26). The third-order valence-electron chi connectivity index (χ3n) is 5.30. The molecule has 0 atom stereocenters. The van der Waals surface area contributed by atoms with E-state index < -0.39 is 16.6 Å². The third kappa shape index (κ3) is 3.87. The molecule has 1 amide bonds. The molecule has 0 radical (unpaired) electrons. The maximum atomic E-state index is 12.8. The van der Waals surface area contributed by atoms with Crippen molar-refractivity contribution in [3.05, 3.63) is 58.0 Å². The normalized spacial score (nSPS) is 16.0. The summed E-state index contributed by atoms with van der Waals surface area (Å²) in [6, 6.07) is 6.86. The van der Waals surface area contributed by atoms with Gasteiger partial charge in [0.15, 0.2) is 17.2 Å². The number of fused-ring (bicyclic) bond motifs is 1. The number of hydrogen-bond acceptors (Lipinski definition) is 7. The second-order valence-electron chi connectivity index (χ2n) is 7.29. The SMILES string of the molecule is Cc1cc(=O)c(O)c(C2(CC(=O)NCc3nnc4ccccn34)CCSCC2)o1. The van der Waals surface area contributed by atoms with E-state index in [1.807, 2.05) is 28.8 Å². The molecular formula is C20H22N4O4S. The van der Waals surface area contributed by atoms with E-state index in [1.165, 1.54) is 6.07 Å². The highest BCUT2D eigenvalue weighted by molar-refractivity contribution is 7.99. The Bertz CT molecular complexity index is 1100. The molecule has 8 nitrogen and oxygen atoms in total. The van der Waals surface area contributed by atoms with Gasteiger partial charge < -0.3 is 14.8 Å². The molecule has 3 aromatic heterocycles. The lowest BCUT2D eigenvalue weighted by Gasteiger charge is -2.35. The van der Waals surface area contributed by atoms with E-state index >= 15 is 0 Å². The van der Waals surface area contributed by atoms with Crippen LogP contribution in [0.3, 0.4) is 0 Å². The zero-order valence-electron chi connectivity index (χ0n) is 16.1. The number of rotatable bonds is 5. The van der Waals surface area contributed by atoms with Gasteiger partial charge in [-0.25, -0.2) is 0 Å². The van der Waals surface area contributed by atoms with Crippen molar-refractivity contribution in [1.82, 2.24) is 19.9 Å². The topological polar surface area (TPSA) is 110 Å². The van der Waals surface area contributed by atoms with E-state index in [1.54, 1.807) is 18.7 Å². The van der Waals surface area contributed by atoms with Gasteiger partial charge in [0.1, 0.15) is 5.76 Å². The van der Waals surface area contributed by atoms with Gasteiger partial charge in [-0.3, -0.25) is 14.0 Å². The van der Waals surface area contributed by atoms with Crippen molar-refractivity contribution in [2.24, 2.45) is 0 Å². The van der Waals surface area contributed by atoms with Crippen LogP contribution >= 0.6 is 11.8 Å². The number of hydrogen-bond donors (Lipinski definition) is 2. The van der Waals surface area contributed by atoms with E-state index in [4.69, 9.17) is 4.42 Å². The van der Waals surface area contributed by atoms with Gasteiger partial charge in [-0.15, -0.1) is 10.2 Å². The number of carbonyl (C=O) groups is 1. The summed E-state index contributed by atoms with van der Waals surface area (Å²) in [7, 11) is 0.